The van der Waals surface area contributed by atoms with E-state index in [9.17, 15) is 8.42 Å². The van der Waals surface area contributed by atoms with Gasteiger partial charge >= 0.3 is 0 Å². The second-order valence-electron chi connectivity index (χ2n) is 5.80. The third-order valence-electron chi connectivity index (χ3n) is 3.90. The van der Waals surface area contributed by atoms with Crippen LogP contribution in [0, 0.1) is 5.92 Å². The highest BCUT2D eigenvalue weighted by molar-refractivity contribution is 7.87. The Morgan fingerprint density at radius 2 is 2.00 bits per heavy atom. The van der Waals surface area contributed by atoms with Crippen LogP contribution in [-0.2, 0) is 10.2 Å². The molecule has 5 nitrogen and oxygen atoms in total. The highest BCUT2D eigenvalue weighted by Gasteiger charge is 2.30. The maximum absolute atomic E-state index is 12.3. The lowest BCUT2D eigenvalue weighted by Crippen LogP contribution is -2.52. The summed E-state index contributed by atoms with van der Waals surface area (Å²) in [5.74, 6) is 0.474. The van der Waals surface area contributed by atoms with Crippen molar-refractivity contribution in [2.75, 3.05) is 19.6 Å². The van der Waals surface area contributed by atoms with Gasteiger partial charge in [0.1, 0.15) is 0 Å². The molecule has 7 heteroatoms. The summed E-state index contributed by atoms with van der Waals surface area (Å²) < 4.78 is 29.1. The number of rotatable bonds is 3. The van der Waals surface area contributed by atoms with Crippen molar-refractivity contribution in [3.8, 4) is 0 Å². The molecule has 3 atom stereocenters. The Hall–Kier alpha value is 0.120. The molecule has 2 saturated heterocycles. The molecule has 2 aliphatic heterocycles. The smallest absolute Gasteiger partial charge is 0.279 e. The van der Waals surface area contributed by atoms with E-state index >= 15 is 0 Å². The van der Waals surface area contributed by atoms with Crippen LogP contribution in [0.4, 0.5) is 0 Å². The van der Waals surface area contributed by atoms with Gasteiger partial charge in [0.2, 0.25) is 0 Å². The summed E-state index contributed by atoms with van der Waals surface area (Å²) in [5.41, 5.74) is 0. The molecule has 0 amide bonds. The fraction of sp³-hybridized carbons (Fsp3) is 1.00. The van der Waals surface area contributed by atoms with Crippen molar-refractivity contribution < 1.29 is 8.42 Å². The van der Waals surface area contributed by atoms with Crippen LogP contribution >= 0.6 is 12.4 Å². The summed E-state index contributed by atoms with van der Waals surface area (Å²) >= 11 is 0. The predicted octanol–water partition coefficient (Wildman–Crippen LogP) is 1.11. The molecule has 0 spiro atoms. The van der Waals surface area contributed by atoms with Crippen molar-refractivity contribution in [2.45, 2.75) is 51.6 Å². The van der Waals surface area contributed by atoms with E-state index in [0.29, 0.717) is 25.0 Å². The number of halogens is 1. The largest absolute Gasteiger partial charge is 0.314 e. The standard InChI is InChI=1S/C12H25N3O2S.ClH/c1-10-4-3-7-15(9-10)18(16,17)14-12-5-6-13-11(2)8-12;/h10-14H,3-9H2,1-2H3;1H. The average Bonchev–Trinajstić information content (AvgIpc) is 2.28. The van der Waals surface area contributed by atoms with Gasteiger partial charge in [-0.15, -0.1) is 12.4 Å². The molecule has 19 heavy (non-hydrogen) atoms. The van der Waals surface area contributed by atoms with Crippen LogP contribution < -0.4 is 10.0 Å². The fourth-order valence-corrected chi connectivity index (χ4v) is 4.49. The molecule has 0 aromatic carbocycles. The minimum absolute atomic E-state index is 0. The topological polar surface area (TPSA) is 61.4 Å². The van der Waals surface area contributed by atoms with Crippen LogP contribution in [0.2, 0.25) is 0 Å². The first-order chi connectivity index (χ1) is 8.47. The van der Waals surface area contributed by atoms with Crippen molar-refractivity contribution in [2.24, 2.45) is 5.92 Å². The second kappa shape index (κ2) is 7.22. The molecule has 2 rings (SSSR count). The molecule has 0 aromatic rings. The summed E-state index contributed by atoms with van der Waals surface area (Å²) in [7, 11) is -3.28. The van der Waals surface area contributed by atoms with Crippen molar-refractivity contribution in [1.82, 2.24) is 14.3 Å². The van der Waals surface area contributed by atoms with Crippen molar-refractivity contribution >= 4 is 22.6 Å². The summed E-state index contributed by atoms with van der Waals surface area (Å²) in [6.07, 6.45) is 3.87. The maximum atomic E-state index is 12.3. The van der Waals surface area contributed by atoms with Crippen LogP contribution in [0.1, 0.15) is 39.5 Å². The van der Waals surface area contributed by atoms with Crippen LogP contribution in [0.15, 0.2) is 0 Å². The molecule has 0 radical (unpaired) electrons. The molecule has 0 aliphatic carbocycles. The minimum atomic E-state index is -3.28. The molecular weight excluding hydrogens is 286 g/mol. The van der Waals surface area contributed by atoms with Gasteiger partial charge in [-0.25, -0.2) is 0 Å². The lowest BCUT2D eigenvalue weighted by molar-refractivity contribution is 0.272. The van der Waals surface area contributed by atoms with Crippen LogP contribution in [0.5, 0.6) is 0 Å². The molecular formula is C12H26ClN3O2S. The summed E-state index contributed by atoms with van der Waals surface area (Å²) in [4.78, 5) is 0. The molecule has 114 valence electrons. The van der Waals surface area contributed by atoms with Crippen molar-refractivity contribution in [3.63, 3.8) is 0 Å². The lowest BCUT2D eigenvalue weighted by atomic mass is 10.0. The Balaban J connectivity index is 0.00000180. The highest BCUT2D eigenvalue weighted by atomic mass is 35.5. The van der Waals surface area contributed by atoms with Gasteiger partial charge in [-0.05, 0) is 45.1 Å². The third-order valence-corrected chi connectivity index (χ3v) is 5.54. The van der Waals surface area contributed by atoms with Gasteiger partial charge in [-0.2, -0.15) is 17.4 Å². The molecule has 3 unspecified atom stereocenters. The zero-order valence-electron chi connectivity index (χ0n) is 11.8. The number of hydrogen-bond acceptors (Lipinski definition) is 3. The lowest BCUT2D eigenvalue weighted by Gasteiger charge is -2.34. The van der Waals surface area contributed by atoms with E-state index < -0.39 is 10.2 Å². The predicted molar refractivity (Wildman–Crippen MR) is 79.8 cm³/mol. The minimum Gasteiger partial charge on any atom is -0.314 e. The van der Waals surface area contributed by atoms with Gasteiger partial charge in [-0.1, -0.05) is 6.92 Å². The van der Waals surface area contributed by atoms with Gasteiger partial charge in [0.15, 0.2) is 0 Å². The molecule has 0 saturated carbocycles. The monoisotopic (exact) mass is 311 g/mol. The zero-order valence-corrected chi connectivity index (χ0v) is 13.4. The van der Waals surface area contributed by atoms with E-state index in [4.69, 9.17) is 0 Å². The molecule has 2 aliphatic rings. The first kappa shape index (κ1) is 17.2. The third kappa shape index (κ3) is 4.86. The van der Waals surface area contributed by atoms with Gasteiger partial charge in [0.25, 0.3) is 10.2 Å². The molecule has 2 heterocycles. The highest BCUT2D eigenvalue weighted by Crippen LogP contribution is 2.19. The second-order valence-corrected chi connectivity index (χ2v) is 7.51. The number of nitrogens with zero attached hydrogens (tertiary/aromatic N) is 1. The summed E-state index contributed by atoms with van der Waals surface area (Å²) in [6.45, 7) is 6.44. The van der Waals surface area contributed by atoms with E-state index in [1.807, 2.05) is 0 Å². The first-order valence-electron chi connectivity index (χ1n) is 6.98. The number of piperidine rings is 2. The quantitative estimate of drug-likeness (QED) is 0.821. The Morgan fingerprint density at radius 3 is 2.63 bits per heavy atom. The summed E-state index contributed by atoms with van der Waals surface area (Å²) in [5, 5.41) is 3.34. The van der Waals surface area contributed by atoms with Crippen LogP contribution in [0.25, 0.3) is 0 Å². The Labute approximate surface area is 123 Å². The van der Waals surface area contributed by atoms with Gasteiger partial charge in [0.05, 0.1) is 0 Å². The SMILES string of the molecule is CC1CCCN(S(=O)(=O)NC2CCNC(C)C2)C1.Cl. The molecule has 2 fully saturated rings. The van der Waals surface area contributed by atoms with E-state index in [1.54, 1.807) is 4.31 Å². The maximum Gasteiger partial charge on any atom is 0.279 e. The van der Waals surface area contributed by atoms with Gasteiger partial charge in [-0.3, -0.25) is 0 Å². The summed E-state index contributed by atoms with van der Waals surface area (Å²) in [6, 6.07) is 0.482. The molecule has 2 N–H and O–H groups in total. The van der Waals surface area contributed by atoms with Crippen molar-refractivity contribution in [1.29, 1.82) is 0 Å². The van der Waals surface area contributed by atoms with E-state index in [0.717, 1.165) is 32.2 Å². The van der Waals surface area contributed by atoms with E-state index in [-0.39, 0.29) is 18.4 Å². The first-order valence-corrected chi connectivity index (χ1v) is 8.42. The van der Waals surface area contributed by atoms with Crippen LogP contribution in [0.3, 0.4) is 0 Å². The Kier molecular flexibility index (Phi) is 6.53. The van der Waals surface area contributed by atoms with Crippen LogP contribution in [-0.4, -0.2) is 44.4 Å². The van der Waals surface area contributed by atoms with Gasteiger partial charge in [0, 0.05) is 25.2 Å². The molecule has 0 aromatic heterocycles. The zero-order chi connectivity index (χ0) is 13.2. The number of nitrogens with one attached hydrogen (secondary N) is 2. The Bertz CT molecular complexity index is 377. The normalized spacial score (nSPS) is 33.7. The van der Waals surface area contributed by atoms with Gasteiger partial charge < -0.3 is 5.32 Å². The molecule has 0 bridgehead atoms. The van der Waals surface area contributed by atoms with Crippen molar-refractivity contribution in [3.05, 3.63) is 0 Å². The fourth-order valence-electron chi connectivity index (χ4n) is 2.89. The average molecular weight is 312 g/mol. The Morgan fingerprint density at radius 1 is 1.26 bits per heavy atom. The van der Waals surface area contributed by atoms with E-state index in [2.05, 4.69) is 23.9 Å². The van der Waals surface area contributed by atoms with E-state index in [1.165, 1.54) is 0 Å². The number of hydrogen-bond donors (Lipinski definition) is 2.